The van der Waals surface area contributed by atoms with Crippen LogP contribution in [0.3, 0.4) is 0 Å². The predicted molar refractivity (Wildman–Crippen MR) is 100 cm³/mol. The van der Waals surface area contributed by atoms with Crippen LogP contribution < -0.4 is 0 Å². The van der Waals surface area contributed by atoms with Gasteiger partial charge in [-0.2, -0.15) is 0 Å². The maximum absolute atomic E-state index is 12.3. The number of aliphatic carboxylic acids is 1. The number of allylic oxidation sites excluding steroid dienone is 1. The second kappa shape index (κ2) is 9.66. The van der Waals surface area contributed by atoms with Gasteiger partial charge in [0.2, 0.25) is 5.78 Å². The molecule has 1 fully saturated rings. The average molecular weight is 392 g/mol. The Morgan fingerprint density at radius 3 is 2.39 bits per heavy atom. The first kappa shape index (κ1) is 21.9. The van der Waals surface area contributed by atoms with Crippen LogP contribution in [0.2, 0.25) is 0 Å². The monoisotopic (exact) mass is 392 g/mol. The van der Waals surface area contributed by atoms with Gasteiger partial charge in [-0.3, -0.25) is 9.59 Å². The Hall–Kier alpha value is -2.44. The second-order valence-electron chi connectivity index (χ2n) is 7.67. The molecule has 0 aromatic heterocycles. The van der Waals surface area contributed by atoms with Gasteiger partial charge in [0.25, 0.3) is 0 Å². The highest BCUT2D eigenvalue weighted by Gasteiger charge is 2.44. The van der Waals surface area contributed by atoms with E-state index in [1.54, 1.807) is 13.0 Å². The van der Waals surface area contributed by atoms with E-state index in [-0.39, 0.29) is 17.1 Å². The standard InChI is InChI=1S/C21H28O7/c1-14(22)9-7-5-3-4-6-8-11-21(2)12-10-15(28-21)18-19(25)16(13-17(23)24)27-20(18)26/h10,12,16H,3-9,11,13H2,1-2H3,(H,23,24)/b18-15-/t16-,21+/m0/s1. The van der Waals surface area contributed by atoms with Gasteiger partial charge in [-0.15, -0.1) is 0 Å². The molecule has 7 nitrogen and oxygen atoms in total. The van der Waals surface area contributed by atoms with Crippen LogP contribution in [-0.2, 0) is 28.7 Å². The van der Waals surface area contributed by atoms with E-state index in [4.69, 9.17) is 14.6 Å². The number of carbonyl (C=O) groups excluding carboxylic acids is 3. The molecule has 0 radical (unpaired) electrons. The number of hydrogen-bond donors (Lipinski definition) is 1. The first-order chi connectivity index (χ1) is 13.2. The number of ketones is 2. The lowest BCUT2D eigenvalue weighted by molar-refractivity contribution is -0.147. The van der Waals surface area contributed by atoms with Crippen molar-refractivity contribution in [3.63, 3.8) is 0 Å². The van der Waals surface area contributed by atoms with Crippen LogP contribution >= 0.6 is 0 Å². The van der Waals surface area contributed by atoms with Gasteiger partial charge in [0.15, 0.2) is 6.10 Å². The Balaban J connectivity index is 1.79. The number of carboxylic acids is 1. The number of esters is 1. The summed E-state index contributed by atoms with van der Waals surface area (Å²) in [5.41, 5.74) is -0.792. The number of ether oxygens (including phenoxy) is 2. The zero-order valence-corrected chi connectivity index (χ0v) is 16.5. The Bertz CT molecular complexity index is 704. The molecule has 0 amide bonds. The van der Waals surface area contributed by atoms with Crippen LogP contribution in [0.25, 0.3) is 0 Å². The molecule has 2 aliphatic rings. The number of unbranched alkanes of at least 4 members (excludes halogenated alkanes) is 5. The zero-order chi connectivity index (χ0) is 20.7. The third kappa shape index (κ3) is 6.04. The highest BCUT2D eigenvalue weighted by molar-refractivity contribution is 6.24. The van der Waals surface area contributed by atoms with Gasteiger partial charge in [0, 0.05) is 6.42 Å². The van der Waals surface area contributed by atoms with E-state index in [2.05, 4.69) is 0 Å². The molecule has 1 N–H and O–H groups in total. The summed E-state index contributed by atoms with van der Waals surface area (Å²) in [6, 6.07) is 0. The lowest BCUT2D eigenvalue weighted by atomic mass is 9.98. The molecule has 0 aromatic carbocycles. The van der Waals surface area contributed by atoms with Crippen LogP contribution in [0.4, 0.5) is 0 Å². The fourth-order valence-electron chi connectivity index (χ4n) is 3.42. The molecule has 2 heterocycles. The van der Waals surface area contributed by atoms with Crippen LogP contribution in [0.1, 0.15) is 71.6 Å². The Morgan fingerprint density at radius 2 is 1.75 bits per heavy atom. The van der Waals surface area contributed by atoms with Crippen LogP contribution in [0.5, 0.6) is 0 Å². The molecule has 0 saturated carbocycles. The molecule has 2 aliphatic heterocycles. The summed E-state index contributed by atoms with van der Waals surface area (Å²) < 4.78 is 10.7. The molecule has 0 bridgehead atoms. The number of rotatable bonds is 11. The van der Waals surface area contributed by atoms with E-state index in [1.165, 1.54) is 0 Å². The Morgan fingerprint density at radius 1 is 1.11 bits per heavy atom. The summed E-state index contributed by atoms with van der Waals surface area (Å²) in [6.07, 6.45) is 9.18. The van der Waals surface area contributed by atoms with Gasteiger partial charge < -0.3 is 19.4 Å². The number of carbonyl (C=O) groups is 4. The zero-order valence-electron chi connectivity index (χ0n) is 16.5. The minimum atomic E-state index is -1.28. The number of hydrogen-bond acceptors (Lipinski definition) is 6. The van der Waals surface area contributed by atoms with E-state index in [9.17, 15) is 19.2 Å². The van der Waals surface area contributed by atoms with Crippen molar-refractivity contribution >= 4 is 23.5 Å². The normalized spacial score (nSPS) is 26.4. The SMILES string of the molecule is CC(=O)CCCCCCCC[C@]1(C)C=C/C(=C2/C(=O)O[C@@H](CC(=O)O)C2=O)O1. The van der Waals surface area contributed by atoms with Gasteiger partial charge in [-0.25, -0.2) is 4.79 Å². The van der Waals surface area contributed by atoms with E-state index in [0.29, 0.717) is 6.42 Å². The van der Waals surface area contributed by atoms with Gasteiger partial charge in [-0.1, -0.05) is 25.7 Å². The number of Topliss-reactive ketones (excluding diaryl/α,β-unsaturated/α-hetero) is 2. The third-order valence-corrected chi connectivity index (χ3v) is 4.98. The molecule has 28 heavy (non-hydrogen) atoms. The summed E-state index contributed by atoms with van der Waals surface area (Å²) in [4.78, 5) is 45.9. The smallest absolute Gasteiger partial charge is 0.346 e. The molecule has 7 heteroatoms. The summed E-state index contributed by atoms with van der Waals surface area (Å²) in [7, 11) is 0. The Kier molecular flexibility index (Phi) is 7.54. The maximum atomic E-state index is 12.3. The van der Waals surface area contributed by atoms with E-state index >= 15 is 0 Å². The molecule has 0 aromatic rings. The van der Waals surface area contributed by atoms with Gasteiger partial charge in [0.05, 0.1) is 6.42 Å². The fourth-order valence-corrected chi connectivity index (χ4v) is 3.42. The van der Waals surface area contributed by atoms with Crippen LogP contribution in [0.15, 0.2) is 23.5 Å². The molecule has 2 atom stereocenters. The third-order valence-electron chi connectivity index (χ3n) is 4.98. The van der Waals surface area contributed by atoms with E-state index < -0.39 is 35.8 Å². The van der Waals surface area contributed by atoms with Crippen molar-refractivity contribution in [2.75, 3.05) is 0 Å². The van der Waals surface area contributed by atoms with Gasteiger partial charge in [0.1, 0.15) is 22.7 Å². The molecule has 2 rings (SSSR count). The molecule has 0 aliphatic carbocycles. The summed E-state index contributed by atoms with van der Waals surface area (Å²) in [6.45, 7) is 3.51. The highest BCUT2D eigenvalue weighted by Crippen LogP contribution is 2.35. The lowest BCUT2D eigenvalue weighted by Gasteiger charge is -2.23. The van der Waals surface area contributed by atoms with Crippen molar-refractivity contribution < 1.29 is 33.8 Å². The van der Waals surface area contributed by atoms with Crippen molar-refractivity contribution in [2.45, 2.75) is 83.3 Å². The molecule has 0 unspecified atom stereocenters. The van der Waals surface area contributed by atoms with Crippen molar-refractivity contribution in [3.8, 4) is 0 Å². The van der Waals surface area contributed by atoms with Crippen LogP contribution in [-0.4, -0.2) is 40.3 Å². The predicted octanol–water partition coefficient (Wildman–Crippen LogP) is 3.26. The maximum Gasteiger partial charge on any atom is 0.346 e. The molecule has 154 valence electrons. The van der Waals surface area contributed by atoms with Crippen molar-refractivity contribution in [2.24, 2.45) is 0 Å². The minimum absolute atomic E-state index is 0.162. The minimum Gasteiger partial charge on any atom is -0.482 e. The van der Waals surface area contributed by atoms with Crippen LogP contribution in [0, 0.1) is 0 Å². The Labute approximate surface area is 164 Å². The van der Waals surface area contributed by atoms with Crippen molar-refractivity contribution in [1.82, 2.24) is 0 Å². The largest absolute Gasteiger partial charge is 0.482 e. The number of carboxylic acid groups (broad SMARTS) is 1. The van der Waals surface area contributed by atoms with Gasteiger partial charge in [-0.05, 0) is 45.3 Å². The van der Waals surface area contributed by atoms with Crippen molar-refractivity contribution in [3.05, 3.63) is 23.5 Å². The molecular weight excluding hydrogens is 364 g/mol. The fraction of sp³-hybridized carbons (Fsp3) is 0.619. The lowest BCUT2D eigenvalue weighted by Crippen LogP contribution is -2.23. The van der Waals surface area contributed by atoms with Gasteiger partial charge >= 0.3 is 11.9 Å². The quantitative estimate of drug-likeness (QED) is 0.249. The summed E-state index contributed by atoms with van der Waals surface area (Å²) in [5.74, 6) is -2.27. The topological polar surface area (TPSA) is 107 Å². The summed E-state index contributed by atoms with van der Waals surface area (Å²) in [5, 5.41) is 8.81. The van der Waals surface area contributed by atoms with E-state index in [0.717, 1.165) is 44.9 Å². The molecule has 1 saturated heterocycles. The van der Waals surface area contributed by atoms with E-state index in [1.807, 2.05) is 13.0 Å². The molecule has 0 spiro atoms. The highest BCUT2D eigenvalue weighted by atomic mass is 16.6. The first-order valence-electron chi connectivity index (χ1n) is 9.81. The number of cyclic esters (lactones) is 1. The molecular formula is C21H28O7. The first-order valence-corrected chi connectivity index (χ1v) is 9.81. The van der Waals surface area contributed by atoms with Crippen molar-refractivity contribution in [1.29, 1.82) is 0 Å². The second-order valence-corrected chi connectivity index (χ2v) is 7.67. The average Bonchev–Trinajstić information content (AvgIpc) is 3.10. The summed E-state index contributed by atoms with van der Waals surface area (Å²) >= 11 is 0.